The molecule has 0 bridgehead atoms. The SMILES string of the molecule is COc1ccc(Nc2nc(-c3c(F)cccc3F)nc3cn(Cc4ccc(OC)cc4OC)c(O)c23)cc1. The highest BCUT2D eigenvalue weighted by Gasteiger charge is 2.22. The summed E-state index contributed by atoms with van der Waals surface area (Å²) >= 11 is 0. The number of methoxy groups -OCH3 is 3. The van der Waals surface area contributed by atoms with Crippen LogP contribution in [0.5, 0.6) is 23.1 Å². The van der Waals surface area contributed by atoms with Crippen LogP contribution >= 0.6 is 0 Å². The summed E-state index contributed by atoms with van der Waals surface area (Å²) in [4.78, 5) is 8.83. The van der Waals surface area contributed by atoms with Gasteiger partial charge in [-0.15, -0.1) is 0 Å². The van der Waals surface area contributed by atoms with Gasteiger partial charge in [0.15, 0.2) is 5.82 Å². The number of hydrogen-bond donors (Lipinski definition) is 2. The number of aromatic hydroxyl groups is 1. The van der Waals surface area contributed by atoms with Crippen LogP contribution in [0.15, 0.2) is 66.9 Å². The number of hydrogen-bond acceptors (Lipinski definition) is 7. The normalized spacial score (nSPS) is 11.0. The largest absolute Gasteiger partial charge is 0.497 e. The third-order valence-corrected chi connectivity index (χ3v) is 6.08. The van der Waals surface area contributed by atoms with E-state index >= 15 is 0 Å². The van der Waals surface area contributed by atoms with Crippen LogP contribution in [0.25, 0.3) is 22.3 Å². The lowest BCUT2D eigenvalue weighted by Crippen LogP contribution is -2.01. The van der Waals surface area contributed by atoms with Gasteiger partial charge in [-0.25, -0.2) is 18.7 Å². The van der Waals surface area contributed by atoms with E-state index < -0.39 is 11.6 Å². The molecule has 0 aliphatic heterocycles. The molecule has 5 rings (SSSR count). The molecule has 10 heteroatoms. The number of benzene rings is 3. The maximum Gasteiger partial charge on any atom is 0.204 e. The smallest absolute Gasteiger partial charge is 0.204 e. The molecule has 0 saturated carbocycles. The summed E-state index contributed by atoms with van der Waals surface area (Å²) in [7, 11) is 4.66. The number of fused-ring (bicyclic) bond motifs is 1. The van der Waals surface area contributed by atoms with Crippen LogP contribution in [0, 0.1) is 11.6 Å². The van der Waals surface area contributed by atoms with Crippen molar-refractivity contribution in [2.45, 2.75) is 6.54 Å². The zero-order chi connectivity index (χ0) is 26.8. The van der Waals surface area contributed by atoms with Gasteiger partial charge in [0, 0.05) is 23.5 Å². The van der Waals surface area contributed by atoms with Crippen LogP contribution in [0.2, 0.25) is 0 Å². The second-order valence-electron chi connectivity index (χ2n) is 8.36. The lowest BCUT2D eigenvalue weighted by atomic mass is 10.1. The average molecular weight is 519 g/mol. The topological polar surface area (TPSA) is 90.7 Å². The fourth-order valence-electron chi connectivity index (χ4n) is 4.16. The molecule has 0 aliphatic carbocycles. The predicted octanol–water partition coefficient (Wildman–Crippen LogP) is 5.90. The van der Waals surface area contributed by atoms with Crippen molar-refractivity contribution in [3.05, 3.63) is 84.1 Å². The summed E-state index contributed by atoms with van der Waals surface area (Å²) < 4.78 is 46.8. The van der Waals surface area contributed by atoms with Crippen molar-refractivity contribution in [3.63, 3.8) is 0 Å². The highest BCUT2D eigenvalue weighted by atomic mass is 19.1. The average Bonchev–Trinajstić information content (AvgIpc) is 3.24. The Morgan fingerprint density at radius 3 is 2.21 bits per heavy atom. The van der Waals surface area contributed by atoms with Crippen molar-refractivity contribution in [1.29, 1.82) is 0 Å². The lowest BCUT2D eigenvalue weighted by Gasteiger charge is -2.12. The van der Waals surface area contributed by atoms with Crippen LogP contribution in [-0.2, 0) is 6.54 Å². The fourth-order valence-corrected chi connectivity index (χ4v) is 4.16. The van der Waals surface area contributed by atoms with Crippen LogP contribution < -0.4 is 19.5 Å². The van der Waals surface area contributed by atoms with Gasteiger partial charge in [-0.2, -0.15) is 0 Å². The Morgan fingerprint density at radius 1 is 0.868 bits per heavy atom. The number of halogens is 2. The Hall–Kier alpha value is -4.86. The van der Waals surface area contributed by atoms with E-state index in [0.29, 0.717) is 28.5 Å². The van der Waals surface area contributed by atoms with Crippen LogP contribution in [0.3, 0.4) is 0 Å². The molecule has 8 nitrogen and oxygen atoms in total. The van der Waals surface area contributed by atoms with E-state index in [1.807, 2.05) is 6.07 Å². The first-order valence-electron chi connectivity index (χ1n) is 11.6. The van der Waals surface area contributed by atoms with Gasteiger partial charge in [0.05, 0.1) is 39.0 Å². The first-order valence-corrected chi connectivity index (χ1v) is 11.6. The first-order chi connectivity index (χ1) is 18.4. The van der Waals surface area contributed by atoms with Crippen molar-refractivity contribution < 1.29 is 28.1 Å². The second kappa shape index (κ2) is 10.3. The number of aromatic nitrogens is 3. The molecule has 3 aromatic carbocycles. The van der Waals surface area contributed by atoms with E-state index in [0.717, 1.165) is 17.7 Å². The maximum atomic E-state index is 14.7. The van der Waals surface area contributed by atoms with E-state index in [1.165, 1.54) is 6.07 Å². The molecule has 0 fully saturated rings. The molecule has 0 spiro atoms. The molecule has 38 heavy (non-hydrogen) atoms. The molecule has 0 saturated heterocycles. The van der Waals surface area contributed by atoms with E-state index in [-0.39, 0.29) is 35.0 Å². The highest BCUT2D eigenvalue weighted by Crippen LogP contribution is 2.37. The van der Waals surface area contributed by atoms with Crippen molar-refractivity contribution >= 4 is 22.4 Å². The number of nitrogens with one attached hydrogen (secondary N) is 1. The third-order valence-electron chi connectivity index (χ3n) is 6.08. The molecule has 0 aliphatic rings. The molecule has 0 radical (unpaired) electrons. The Balaban J connectivity index is 1.65. The van der Waals surface area contributed by atoms with E-state index in [2.05, 4.69) is 15.3 Å². The number of rotatable bonds is 8. The van der Waals surface area contributed by atoms with E-state index in [1.54, 1.807) is 68.5 Å². The molecule has 0 unspecified atom stereocenters. The molecule has 2 aromatic heterocycles. The monoisotopic (exact) mass is 518 g/mol. The zero-order valence-electron chi connectivity index (χ0n) is 20.8. The minimum atomic E-state index is -0.800. The van der Waals surface area contributed by atoms with E-state index in [9.17, 15) is 13.9 Å². The lowest BCUT2D eigenvalue weighted by molar-refractivity contribution is 0.387. The Morgan fingerprint density at radius 2 is 1.55 bits per heavy atom. The van der Waals surface area contributed by atoms with Gasteiger partial charge >= 0.3 is 0 Å². The second-order valence-corrected chi connectivity index (χ2v) is 8.36. The number of anilines is 2. The van der Waals surface area contributed by atoms with E-state index in [4.69, 9.17) is 14.2 Å². The van der Waals surface area contributed by atoms with Gasteiger partial charge in [0.25, 0.3) is 0 Å². The van der Waals surface area contributed by atoms with Gasteiger partial charge in [-0.3, -0.25) is 0 Å². The molecule has 0 atom stereocenters. The highest BCUT2D eigenvalue weighted by molar-refractivity contribution is 5.97. The predicted molar refractivity (Wildman–Crippen MR) is 139 cm³/mol. The number of ether oxygens (including phenoxy) is 3. The minimum Gasteiger partial charge on any atom is -0.497 e. The summed E-state index contributed by atoms with van der Waals surface area (Å²) in [6.07, 6.45) is 1.59. The zero-order valence-corrected chi connectivity index (χ0v) is 20.8. The Kier molecular flexibility index (Phi) is 6.69. The van der Waals surface area contributed by atoms with Gasteiger partial charge in [0.1, 0.15) is 40.1 Å². The molecule has 0 amide bonds. The molecular weight excluding hydrogens is 494 g/mol. The van der Waals surface area contributed by atoms with Crippen molar-refractivity contribution in [2.24, 2.45) is 0 Å². The van der Waals surface area contributed by atoms with Gasteiger partial charge < -0.3 is 29.2 Å². The number of nitrogens with zero attached hydrogens (tertiary/aromatic N) is 3. The summed E-state index contributed by atoms with van der Waals surface area (Å²) in [5, 5.41) is 14.7. The van der Waals surface area contributed by atoms with Crippen LogP contribution in [-0.4, -0.2) is 41.0 Å². The van der Waals surface area contributed by atoms with Gasteiger partial charge in [0.2, 0.25) is 5.88 Å². The third kappa shape index (κ3) is 4.63. The van der Waals surface area contributed by atoms with Crippen molar-refractivity contribution in [1.82, 2.24) is 14.5 Å². The van der Waals surface area contributed by atoms with Crippen LogP contribution in [0.4, 0.5) is 20.3 Å². The summed E-state index contributed by atoms with van der Waals surface area (Å²) in [5.41, 5.74) is 1.31. The summed E-state index contributed by atoms with van der Waals surface area (Å²) in [5.74, 6) is 0.130. The van der Waals surface area contributed by atoms with Crippen LogP contribution in [0.1, 0.15) is 5.56 Å². The molecule has 5 aromatic rings. The van der Waals surface area contributed by atoms with Crippen molar-refractivity contribution in [2.75, 3.05) is 26.6 Å². The quantitative estimate of drug-likeness (QED) is 0.264. The molecule has 2 N–H and O–H groups in total. The molecule has 2 heterocycles. The molecular formula is C28H24F2N4O4. The summed E-state index contributed by atoms with van der Waals surface area (Å²) in [6, 6.07) is 15.9. The van der Waals surface area contributed by atoms with Crippen molar-refractivity contribution in [3.8, 4) is 34.5 Å². The Bertz CT molecular complexity index is 1600. The maximum absolute atomic E-state index is 14.7. The fraction of sp³-hybridized carbons (Fsp3) is 0.143. The summed E-state index contributed by atoms with van der Waals surface area (Å²) in [6.45, 7) is 0.223. The Labute approximate surface area is 217 Å². The van der Waals surface area contributed by atoms with Gasteiger partial charge in [-0.05, 0) is 48.5 Å². The standard InChI is InChI=1S/C28H24F2N4O4/c1-36-18-11-8-17(9-12-18)31-27-25-22(32-26(33-27)24-20(29)5-4-6-21(24)30)15-34(28(25)35)14-16-7-10-19(37-2)13-23(16)38-3/h4-13,15,35H,14H2,1-3H3,(H,31,32,33). The first kappa shape index (κ1) is 24.8. The molecule has 194 valence electrons. The minimum absolute atomic E-state index is 0.130. The van der Waals surface area contributed by atoms with Gasteiger partial charge in [-0.1, -0.05) is 6.07 Å².